The van der Waals surface area contributed by atoms with Gasteiger partial charge in [0.25, 0.3) is 0 Å². The highest BCUT2D eigenvalue weighted by molar-refractivity contribution is 6.34. The van der Waals surface area contributed by atoms with E-state index in [9.17, 15) is 0 Å². The van der Waals surface area contributed by atoms with Crippen LogP contribution in [0, 0.1) is 12.8 Å². The Morgan fingerprint density at radius 3 is 2.55 bits per heavy atom. The van der Waals surface area contributed by atoms with Crippen LogP contribution in [0.1, 0.15) is 37.4 Å². The van der Waals surface area contributed by atoms with E-state index >= 15 is 0 Å². The maximum atomic E-state index is 6.65. The summed E-state index contributed by atoms with van der Waals surface area (Å²) in [5.74, 6) is 0.531. The van der Waals surface area contributed by atoms with E-state index in [0.717, 1.165) is 44.6 Å². The number of pyridine rings is 1. The normalized spacial score (nSPS) is 12.6. The van der Waals surface area contributed by atoms with Crippen LogP contribution < -0.4 is 0 Å². The van der Waals surface area contributed by atoms with Crippen molar-refractivity contribution in [2.75, 3.05) is 0 Å². The summed E-state index contributed by atoms with van der Waals surface area (Å²) in [4.78, 5) is 4.30. The summed E-state index contributed by atoms with van der Waals surface area (Å²) in [6, 6.07) is 14.2. The Bertz CT molecular complexity index is 1150. The van der Waals surface area contributed by atoms with E-state index in [0.29, 0.717) is 10.9 Å². The molecule has 0 saturated heterocycles. The van der Waals surface area contributed by atoms with E-state index in [2.05, 4.69) is 41.8 Å². The predicted octanol–water partition coefficient (Wildman–Crippen LogP) is 7.35. The molecule has 0 fully saturated rings. The number of benzene rings is 2. The number of nitrogens with zero attached hydrogens (tertiary/aromatic N) is 3. The number of aromatic nitrogens is 3. The first-order valence-electron chi connectivity index (χ1n) is 9.77. The van der Waals surface area contributed by atoms with Crippen LogP contribution in [-0.2, 0) is 0 Å². The smallest absolute Gasteiger partial charge is 0.0938 e. The molecule has 2 aromatic heterocycles. The fourth-order valence-corrected chi connectivity index (χ4v) is 4.26. The summed E-state index contributed by atoms with van der Waals surface area (Å²) in [6.45, 7) is 6.50. The Balaban J connectivity index is 1.81. The fraction of sp³-hybridized carbons (Fsp3) is 0.250. The summed E-state index contributed by atoms with van der Waals surface area (Å²) < 4.78 is 2.05. The molecule has 0 spiro atoms. The van der Waals surface area contributed by atoms with Gasteiger partial charge in [-0.25, -0.2) is 0 Å². The van der Waals surface area contributed by atoms with Crippen molar-refractivity contribution in [3.8, 4) is 11.1 Å². The quantitative estimate of drug-likeness (QED) is 0.335. The van der Waals surface area contributed by atoms with Gasteiger partial charge in [0.05, 0.1) is 16.6 Å². The van der Waals surface area contributed by atoms with E-state index in [1.54, 1.807) is 6.20 Å². The van der Waals surface area contributed by atoms with E-state index < -0.39 is 0 Å². The molecule has 29 heavy (non-hydrogen) atoms. The molecule has 0 bridgehead atoms. The summed E-state index contributed by atoms with van der Waals surface area (Å²) in [6.07, 6.45) is 6.82. The van der Waals surface area contributed by atoms with Gasteiger partial charge in [-0.15, -0.1) is 0 Å². The Morgan fingerprint density at radius 2 is 1.86 bits per heavy atom. The summed E-state index contributed by atoms with van der Waals surface area (Å²) in [5, 5.41) is 7.34. The lowest BCUT2D eigenvalue weighted by Crippen LogP contribution is -2.14. The zero-order valence-electron chi connectivity index (χ0n) is 16.7. The first-order valence-corrected chi connectivity index (χ1v) is 10.5. The molecule has 0 radical (unpaired) electrons. The van der Waals surface area contributed by atoms with E-state index in [4.69, 9.17) is 28.3 Å². The van der Waals surface area contributed by atoms with Gasteiger partial charge in [0.1, 0.15) is 0 Å². The van der Waals surface area contributed by atoms with Crippen LogP contribution in [0.15, 0.2) is 61.1 Å². The van der Waals surface area contributed by atoms with Crippen LogP contribution in [0.25, 0.3) is 22.0 Å². The minimum Gasteiger partial charge on any atom is -0.264 e. The van der Waals surface area contributed by atoms with Gasteiger partial charge in [0.2, 0.25) is 0 Å². The average molecular weight is 424 g/mol. The maximum Gasteiger partial charge on any atom is 0.0938 e. The third-order valence-electron chi connectivity index (χ3n) is 5.17. The van der Waals surface area contributed by atoms with Crippen LogP contribution in [0.5, 0.6) is 0 Å². The van der Waals surface area contributed by atoms with Crippen molar-refractivity contribution >= 4 is 34.1 Å². The third-order valence-corrected chi connectivity index (χ3v) is 5.72. The SMILES string of the molecule is Cc1cc(Cl)ccc1-c1cc2cn(C(CC(C)C)c3cccnc3)nc2cc1Cl. The Morgan fingerprint density at radius 1 is 1.03 bits per heavy atom. The standard InChI is InChI=1S/C24H23Cl2N3/c1-15(2)9-24(17-5-4-8-27-13-17)29-14-18-11-21(22(26)12-23(18)28-29)20-7-6-19(25)10-16(20)3/h4-8,10-15,24H,9H2,1-3H3. The maximum absolute atomic E-state index is 6.65. The molecule has 0 aliphatic heterocycles. The number of aryl methyl sites for hydroxylation is 1. The molecule has 5 heteroatoms. The van der Waals surface area contributed by atoms with E-state index in [1.165, 1.54) is 0 Å². The molecule has 0 saturated carbocycles. The molecule has 2 aromatic carbocycles. The molecule has 0 aliphatic rings. The van der Waals surface area contributed by atoms with Crippen molar-refractivity contribution in [2.45, 2.75) is 33.2 Å². The van der Waals surface area contributed by atoms with E-state index in [1.807, 2.05) is 43.5 Å². The van der Waals surface area contributed by atoms with Crippen molar-refractivity contribution in [2.24, 2.45) is 5.92 Å². The molecule has 0 aliphatic carbocycles. The van der Waals surface area contributed by atoms with E-state index in [-0.39, 0.29) is 6.04 Å². The summed E-state index contributed by atoms with van der Waals surface area (Å²) in [5.41, 5.74) is 5.23. The molecule has 4 rings (SSSR count). The van der Waals surface area contributed by atoms with Crippen LogP contribution >= 0.6 is 23.2 Å². The molecule has 4 aromatic rings. The third kappa shape index (κ3) is 4.17. The van der Waals surface area contributed by atoms with Crippen LogP contribution in [0.4, 0.5) is 0 Å². The molecule has 148 valence electrons. The molecule has 1 atom stereocenters. The first kappa shape index (κ1) is 19.9. The summed E-state index contributed by atoms with van der Waals surface area (Å²) >= 11 is 12.8. The molecular weight excluding hydrogens is 401 g/mol. The van der Waals surface area contributed by atoms with Gasteiger partial charge in [-0.3, -0.25) is 9.67 Å². The second-order valence-electron chi connectivity index (χ2n) is 7.89. The predicted molar refractivity (Wildman–Crippen MR) is 122 cm³/mol. The lowest BCUT2D eigenvalue weighted by atomic mass is 9.98. The molecule has 0 amide bonds. The highest BCUT2D eigenvalue weighted by Crippen LogP contribution is 2.35. The van der Waals surface area contributed by atoms with Crippen LogP contribution in [-0.4, -0.2) is 14.8 Å². The number of hydrogen-bond donors (Lipinski definition) is 0. The first-order chi connectivity index (χ1) is 13.9. The monoisotopic (exact) mass is 423 g/mol. The van der Waals surface area contributed by atoms with Gasteiger partial charge in [0, 0.05) is 34.6 Å². The van der Waals surface area contributed by atoms with Crippen LogP contribution in [0.3, 0.4) is 0 Å². The fourth-order valence-electron chi connectivity index (χ4n) is 3.78. The number of fused-ring (bicyclic) bond motifs is 1. The average Bonchev–Trinajstić information content (AvgIpc) is 3.09. The zero-order valence-corrected chi connectivity index (χ0v) is 18.2. The number of halogens is 2. The second kappa shape index (κ2) is 8.17. The number of hydrogen-bond acceptors (Lipinski definition) is 2. The van der Waals surface area contributed by atoms with Crippen molar-refractivity contribution in [3.05, 3.63) is 82.2 Å². The van der Waals surface area contributed by atoms with Gasteiger partial charge >= 0.3 is 0 Å². The minimum atomic E-state index is 0.135. The topological polar surface area (TPSA) is 30.7 Å². The van der Waals surface area contributed by atoms with Gasteiger partial charge in [-0.1, -0.05) is 49.2 Å². The highest BCUT2D eigenvalue weighted by atomic mass is 35.5. The zero-order chi connectivity index (χ0) is 20.5. The van der Waals surface area contributed by atoms with Gasteiger partial charge in [0.15, 0.2) is 0 Å². The molecule has 3 nitrogen and oxygen atoms in total. The second-order valence-corrected chi connectivity index (χ2v) is 8.73. The molecule has 2 heterocycles. The molecular formula is C24H23Cl2N3. The van der Waals surface area contributed by atoms with Crippen molar-refractivity contribution < 1.29 is 0 Å². The summed E-state index contributed by atoms with van der Waals surface area (Å²) in [7, 11) is 0. The van der Waals surface area contributed by atoms with Gasteiger partial charge in [-0.05, 0) is 66.3 Å². The van der Waals surface area contributed by atoms with Crippen molar-refractivity contribution in [3.63, 3.8) is 0 Å². The van der Waals surface area contributed by atoms with Gasteiger partial charge in [-0.2, -0.15) is 5.10 Å². The lowest BCUT2D eigenvalue weighted by Gasteiger charge is -2.19. The Kier molecular flexibility index (Phi) is 5.62. The lowest BCUT2D eigenvalue weighted by molar-refractivity contribution is 0.423. The largest absolute Gasteiger partial charge is 0.264 e. The minimum absolute atomic E-state index is 0.135. The molecule has 1 unspecified atom stereocenters. The van der Waals surface area contributed by atoms with Crippen LogP contribution in [0.2, 0.25) is 10.0 Å². The highest BCUT2D eigenvalue weighted by Gasteiger charge is 2.18. The van der Waals surface area contributed by atoms with Crippen molar-refractivity contribution in [1.82, 2.24) is 14.8 Å². The van der Waals surface area contributed by atoms with Gasteiger partial charge < -0.3 is 0 Å². The number of rotatable bonds is 5. The Labute approximate surface area is 181 Å². The Hall–Kier alpha value is -2.36. The van der Waals surface area contributed by atoms with Crippen molar-refractivity contribution in [1.29, 1.82) is 0 Å². The molecule has 0 N–H and O–H groups in total.